The Labute approximate surface area is 263 Å². The van der Waals surface area contributed by atoms with Crippen molar-refractivity contribution in [2.75, 3.05) is 6.61 Å². The maximum atomic E-state index is 12.9. The van der Waals surface area contributed by atoms with Gasteiger partial charge in [-0.25, -0.2) is 5.43 Å². The molecule has 0 radical (unpaired) electrons. The van der Waals surface area contributed by atoms with E-state index in [0.29, 0.717) is 35.7 Å². The van der Waals surface area contributed by atoms with E-state index in [1.165, 1.54) is 0 Å². The van der Waals surface area contributed by atoms with Gasteiger partial charge in [-0.05, 0) is 86.0 Å². The first kappa shape index (κ1) is 30.6. The van der Waals surface area contributed by atoms with Crippen LogP contribution in [0.1, 0.15) is 45.2 Å². The Morgan fingerprint density at radius 2 is 1.71 bits per heavy atom. The molecule has 0 aliphatic carbocycles. The molecule has 0 saturated carbocycles. The maximum Gasteiger partial charge on any atom is 0.271 e. The van der Waals surface area contributed by atoms with Crippen LogP contribution in [-0.2, 0) is 13.0 Å². The van der Waals surface area contributed by atoms with E-state index in [4.69, 9.17) is 9.47 Å². The molecule has 1 aromatic heterocycles. The molecule has 45 heavy (non-hydrogen) atoms. The van der Waals surface area contributed by atoms with E-state index in [9.17, 15) is 10.1 Å². The van der Waals surface area contributed by atoms with Crippen LogP contribution in [0, 0.1) is 18.3 Å². The molecule has 7 heteroatoms. The zero-order valence-electron chi connectivity index (χ0n) is 25.4. The molecular formula is C38H34N4O3. The molecule has 0 bridgehead atoms. The van der Waals surface area contributed by atoms with Crippen molar-refractivity contribution in [3.63, 3.8) is 0 Å². The zero-order valence-corrected chi connectivity index (χ0v) is 25.4. The van der Waals surface area contributed by atoms with E-state index in [2.05, 4.69) is 58.9 Å². The fourth-order valence-electron chi connectivity index (χ4n) is 5.10. The van der Waals surface area contributed by atoms with Gasteiger partial charge < -0.3 is 14.0 Å². The molecule has 0 atom stereocenters. The molecule has 0 fully saturated rings. The lowest BCUT2D eigenvalue weighted by molar-refractivity contribution is 0.0955. The lowest BCUT2D eigenvalue weighted by Crippen LogP contribution is -2.17. The molecule has 224 valence electrons. The summed E-state index contributed by atoms with van der Waals surface area (Å²) >= 11 is 0. The minimum atomic E-state index is -0.322. The SMILES string of the molecule is C=CCc1cc(/C=N/NC(=O)c2ccc(-n3c(C)ccc3-c3ccccc3)cc2)cc(OCC)c1OCc1ccccc1C#N. The molecule has 0 unspecified atom stereocenters. The highest BCUT2D eigenvalue weighted by Gasteiger charge is 2.15. The largest absolute Gasteiger partial charge is 0.490 e. The monoisotopic (exact) mass is 594 g/mol. The number of amides is 1. The van der Waals surface area contributed by atoms with Crippen molar-refractivity contribution >= 4 is 12.1 Å². The van der Waals surface area contributed by atoms with Crippen LogP contribution in [0.25, 0.3) is 16.9 Å². The summed E-state index contributed by atoms with van der Waals surface area (Å²) in [6.45, 7) is 8.49. The Bertz CT molecular complexity index is 1870. The van der Waals surface area contributed by atoms with Gasteiger partial charge in [-0.15, -0.1) is 6.58 Å². The Morgan fingerprint density at radius 3 is 2.44 bits per heavy atom. The third kappa shape index (κ3) is 7.20. The maximum absolute atomic E-state index is 12.9. The van der Waals surface area contributed by atoms with Gasteiger partial charge in [0.15, 0.2) is 11.5 Å². The molecule has 1 heterocycles. The number of benzene rings is 4. The normalized spacial score (nSPS) is 10.8. The predicted octanol–water partition coefficient (Wildman–Crippen LogP) is 7.79. The van der Waals surface area contributed by atoms with Crippen LogP contribution < -0.4 is 14.9 Å². The summed E-state index contributed by atoms with van der Waals surface area (Å²) in [5.41, 5.74) is 10.3. The van der Waals surface area contributed by atoms with Crippen LogP contribution in [0.15, 0.2) is 121 Å². The summed E-state index contributed by atoms with van der Waals surface area (Å²) in [7, 11) is 0. The number of hydrazone groups is 1. The van der Waals surface area contributed by atoms with Crippen LogP contribution in [0.2, 0.25) is 0 Å². The molecule has 1 N–H and O–H groups in total. The van der Waals surface area contributed by atoms with Gasteiger partial charge in [0.2, 0.25) is 0 Å². The number of carbonyl (C=O) groups excluding carboxylic acids is 1. The zero-order chi connectivity index (χ0) is 31.6. The van der Waals surface area contributed by atoms with E-state index >= 15 is 0 Å². The first-order chi connectivity index (χ1) is 22.0. The van der Waals surface area contributed by atoms with Crippen molar-refractivity contribution in [2.24, 2.45) is 5.10 Å². The van der Waals surface area contributed by atoms with Crippen molar-refractivity contribution in [2.45, 2.75) is 26.9 Å². The number of aryl methyl sites for hydroxylation is 1. The van der Waals surface area contributed by atoms with E-state index in [0.717, 1.165) is 39.3 Å². The molecule has 5 aromatic rings. The van der Waals surface area contributed by atoms with Gasteiger partial charge in [0, 0.05) is 28.1 Å². The van der Waals surface area contributed by atoms with Gasteiger partial charge in [0.05, 0.1) is 30.1 Å². The number of nitrogens with zero attached hydrogens (tertiary/aromatic N) is 3. The molecule has 0 spiro atoms. The van der Waals surface area contributed by atoms with Crippen molar-refractivity contribution < 1.29 is 14.3 Å². The quantitative estimate of drug-likeness (QED) is 0.0907. The van der Waals surface area contributed by atoms with Crippen LogP contribution in [0.5, 0.6) is 11.5 Å². The highest BCUT2D eigenvalue weighted by atomic mass is 16.5. The van der Waals surface area contributed by atoms with E-state index in [1.807, 2.05) is 67.6 Å². The topological polar surface area (TPSA) is 88.6 Å². The van der Waals surface area contributed by atoms with Crippen molar-refractivity contribution in [3.05, 3.63) is 149 Å². The van der Waals surface area contributed by atoms with E-state index < -0.39 is 0 Å². The van der Waals surface area contributed by atoms with Crippen molar-refractivity contribution in [3.8, 4) is 34.5 Å². The molecule has 5 rings (SSSR count). The number of ether oxygens (including phenoxy) is 2. The lowest BCUT2D eigenvalue weighted by Gasteiger charge is -2.17. The lowest BCUT2D eigenvalue weighted by atomic mass is 10.1. The number of nitrogens with one attached hydrogen (secondary N) is 1. The van der Waals surface area contributed by atoms with Crippen molar-refractivity contribution in [1.29, 1.82) is 5.26 Å². The fourth-order valence-corrected chi connectivity index (χ4v) is 5.10. The molecular weight excluding hydrogens is 560 g/mol. The minimum absolute atomic E-state index is 0.216. The van der Waals surface area contributed by atoms with Crippen LogP contribution >= 0.6 is 0 Å². The molecule has 7 nitrogen and oxygen atoms in total. The standard InChI is InChI=1S/C38H34N4O3/c1-4-11-31-22-28(23-36(44-5-2)37(31)45-26-33-15-10-9-14-32(33)24-39)25-40-41-38(43)30-17-19-34(20-18-30)42-27(3)16-21-35(42)29-12-7-6-8-13-29/h4,6-10,12-23,25H,1,5,11,26H2,2-3H3,(H,41,43)/b40-25+. The number of hydrogen-bond acceptors (Lipinski definition) is 5. The Hall–Kier alpha value is -5.87. The smallest absolute Gasteiger partial charge is 0.271 e. The predicted molar refractivity (Wildman–Crippen MR) is 178 cm³/mol. The number of nitriles is 1. The van der Waals surface area contributed by atoms with E-state index in [-0.39, 0.29) is 12.5 Å². The summed E-state index contributed by atoms with van der Waals surface area (Å²) in [6, 6.07) is 35.1. The first-order valence-corrected chi connectivity index (χ1v) is 14.7. The third-order valence-electron chi connectivity index (χ3n) is 7.24. The summed E-state index contributed by atoms with van der Waals surface area (Å²) in [4.78, 5) is 12.9. The number of hydrogen-bond donors (Lipinski definition) is 1. The molecule has 0 saturated heterocycles. The van der Waals surface area contributed by atoms with Gasteiger partial charge in [0.25, 0.3) is 5.91 Å². The van der Waals surface area contributed by atoms with Crippen LogP contribution in [-0.4, -0.2) is 23.3 Å². The molecule has 0 aliphatic heterocycles. The number of allylic oxidation sites excluding steroid dienone is 1. The van der Waals surface area contributed by atoms with Crippen LogP contribution in [0.4, 0.5) is 0 Å². The Morgan fingerprint density at radius 1 is 0.956 bits per heavy atom. The second-order valence-corrected chi connectivity index (χ2v) is 10.3. The third-order valence-corrected chi connectivity index (χ3v) is 7.24. The van der Waals surface area contributed by atoms with Gasteiger partial charge in [-0.1, -0.05) is 54.6 Å². The Balaban J connectivity index is 1.31. The summed E-state index contributed by atoms with van der Waals surface area (Å²) in [5, 5.41) is 13.7. The summed E-state index contributed by atoms with van der Waals surface area (Å²) in [5.74, 6) is 0.807. The Kier molecular flexibility index (Phi) is 9.88. The van der Waals surface area contributed by atoms with Gasteiger partial charge in [0.1, 0.15) is 6.61 Å². The summed E-state index contributed by atoms with van der Waals surface area (Å²) < 4.78 is 14.3. The van der Waals surface area contributed by atoms with Gasteiger partial charge in [-0.2, -0.15) is 10.4 Å². The molecule has 1 amide bonds. The minimum Gasteiger partial charge on any atom is -0.490 e. The second-order valence-electron chi connectivity index (χ2n) is 10.3. The second kappa shape index (κ2) is 14.5. The summed E-state index contributed by atoms with van der Waals surface area (Å²) in [6.07, 6.45) is 3.89. The molecule has 0 aliphatic rings. The number of carbonyl (C=O) groups is 1. The average molecular weight is 595 g/mol. The van der Waals surface area contributed by atoms with Gasteiger partial charge >= 0.3 is 0 Å². The van der Waals surface area contributed by atoms with E-state index in [1.54, 1.807) is 30.5 Å². The highest BCUT2D eigenvalue weighted by molar-refractivity contribution is 5.95. The number of aromatic nitrogens is 1. The van der Waals surface area contributed by atoms with Crippen molar-refractivity contribution in [1.82, 2.24) is 9.99 Å². The fraction of sp³-hybridized carbons (Fsp3) is 0.132. The molecule has 4 aromatic carbocycles. The van der Waals surface area contributed by atoms with Crippen LogP contribution in [0.3, 0.4) is 0 Å². The average Bonchev–Trinajstić information content (AvgIpc) is 3.46. The van der Waals surface area contributed by atoms with Gasteiger partial charge in [-0.3, -0.25) is 4.79 Å². The first-order valence-electron chi connectivity index (χ1n) is 14.7. The highest BCUT2D eigenvalue weighted by Crippen LogP contribution is 2.34. The number of rotatable bonds is 12.